The largest absolute Gasteiger partial charge is 0.462 e. The molecule has 0 aliphatic rings. The maximum atomic E-state index is 13.7. The zero-order valence-corrected chi connectivity index (χ0v) is 21.7. The molecule has 1 aromatic heterocycles. The lowest BCUT2D eigenvalue weighted by Crippen LogP contribution is -2.16. The normalized spacial score (nSPS) is 10.9. The summed E-state index contributed by atoms with van der Waals surface area (Å²) in [5.41, 5.74) is 6.85. The van der Waals surface area contributed by atoms with E-state index in [0.29, 0.717) is 28.4 Å². The standard InChI is InChI=1S/C30H29ClN2O3/c1-5-6-15-36-30(35)22-9-13-24(14-10-22)32-29(34)26-20(4)28(21-7-11-23(31)12-8-21)33-27-19(3)16-18(2)17-25(26)27/h7-14,16-17H,5-6,15H2,1-4H3,(H,32,34). The van der Waals surface area contributed by atoms with E-state index < -0.39 is 0 Å². The molecule has 4 aromatic rings. The summed E-state index contributed by atoms with van der Waals surface area (Å²) in [5, 5.41) is 4.44. The minimum atomic E-state index is -0.365. The SMILES string of the molecule is CCCCOC(=O)c1ccc(NC(=O)c2c(C)c(-c3ccc(Cl)cc3)nc3c(C)cc(C)cc23)cc1. The van der Waals surface area contributed by atoms with Gasteiger partial charge in [-0.05, 0) is 80.8 Å². The van der Waals surface area contributed by atoms with Crippen molar-refractivity contribution in [3.05, 3.63) is 93.5 Å². The Bertz CT molecular complexity index is 1430. The minimum Gasteiger partial charge on any atom is -0.462 e. The first kappa shape index (κ1) is 25.4. The molecule has 4 rings (SSSR count). The Balaban J connectivity index is 1.71. The number of carbonyl (C=O) groups is 2. The number of hydrogen-bond acceptors (Lipinski definition) is 4. The van der Waals surface area contributed by atoms with Crippen LogP contribution in [0.4, 0.5) is 5.69 Å². The minimum absolute atomic E-state index is 0.238. The van der Waals surface area contributed by atoms with Gasteiger partial charge in [0.25, 0.3) is 5.91 Å². The molecule has 0 fully saturated rings. The van der Waals surface area contributed by atoms with Crippen LogP contribution in [-0.2, 0) is 4.74 Å². The zero-order valence-electron chi connectivity index (χ0n) is 20.9. The molecule has 0 spiro atoms. The number of ether oxygens (including phenoxy) is 1. The molecule has 3 aromatic carbocycles. The molecule has 0 radical (unpaired) electrons. The van der Waals surface area contributed by atoms with Gasteiger partial charge in [0, 0.05) is 21.7 Å². The highest BCUT2D eigenvalue weighted by molar-refractivity contribution is 6.30. The molecule has 0 unspecified atom stereocenters. The lowest BCUT2D eigenvalue weighted by atomic mass is 9.94. The van der Waals surface area contributed by atoms with Crippen LogP contribution in [0.1, 0.15) is 57.2 Å². The summed E-state index contributed by atoms with van der Waals surface area (Å²) in [6.45, 7) is 8.37. The second kappa shape index (κ2) is 10.9. The van der Waals surface area contributed by atoms with E-state index in [1.165, 1.54) is 0 Å². The van der Waals surface area contributed by atoms with Crippen LogP contribution in [0.5, 0.6) is 0 Å². The van der Waals surface area contributed by atoms with Crippen LogP contribution >= 0.6 is 11.6 Å². The lowest BCUT2D eigenvalue weighted by Gasteiger charge is -2.17. The number of nitrogens with one attached hydrogen (secondary N) is 1. The number of unbranched alkanes of at least 4 members (excludes halogenated alkanes) is 1. The van der Waals surface area contributed by atoms with Gasteiger partial charge in [0.05, 0.1) is 28.9 Å². The summed E-state index contributed by atoms with van der Waals surface area (Å²) in [7, 11) is 0. The number of anilines is 1. The van der Waals surface area contributed by atoms with Gasteiger partial charge >= 0.3 is 5.97 Å². The Hall–Kier alpha value is -3.70. The van der Waals surface area contributed by atoms with E-state index in [2.05, 4.69) is 11.4 Å². The second-order valence-corrected chi connectivity index (χ2v) is 9.40. The van der Waals surface area contributed by atoms with Crippen molar-refractivity contribution in [3.63, 3.8) is 0 Å². The number of aromatic nitrogens is 1. The highest BCUT2D eigenvalue weighted by atomic mass is 35.5. The first-order valence-electron chi connectivity index (χ1n) is 12.0. The highest BCUT2D eigenvalue weighted by Crippen LogP contribution is 2.33. The van der Waals surface area contributed by atoms with Gasteiger partial charge in [-0.1, -0.05) is 48.7 Å². The third-order valence-electron chi connectivity index (χ3n) is 6.12. The van der Waals surface area contributed by atoms with Crippen molar-refractivity contribution < 1.29 is 14.3 Å². The van der Waals surface area contributed by atoms with Crippen LogP contribution in [0.3, 0.4) is 0 Å². The molecule has 0 saturated carbocycles. The fraction of sp³-hybridized carbons (Fsp3) is 0.233. The Morgan fingerprint density at radius 3 is 2.33 bits per heavy atom. The molecule has 5 nitrogen and oxygen atoms in total. The molecular weight excluding hydrogens is 472 g/mol. The first-order valence-corrected chi connectivity index (χ1v) is 12.4. The number of carbonyl (C=O) groups excluding carboxylic acids is 2. The predicted octanol–water partition coefficient (Wildman–Crippen LogP) is 7.69. The number of halogens is 1. The van der Waals surface area contributed by atoms with Crippen molar-refractivity contribution >= 4 is 40.1 Å². The Kier molecular flexibility index (Phi) is 7.70. The number of hydrogen-bond donors (Lipinski definition) is 1. The van der Waals surface area contributed by atoms with E-state index in [4.69, 9.17) is 21.3 Å². The van der Waals surface area contributed by atoms with Crippen LogP contribution in [0.15, 0.2) is 60.7 Å². The summed E-state index contributed by atoms with van der Waals surface area (Å²) in [6, 6.07) is 18.3. The maximum Gasteiger partial charge on any atom is 0.338 e. The van der Waals surface area contributed by atoms with Crippen molar-refractivity contribution in [1.29, 1.82) is 0 Å². The Morgan fingerprint density at radius 2 is 1.67 bits per heavy atom. The van der Waals surface area contributed by atoms with Crippen molar-refractivity contribution in [2.24, 2.45) is 0 Å². The number of fused-ring (bicyclic) bond motifs is 1. The van der Waals surface area contributed by atoms with Crippen molar-refractivity contribution in [3.8, 4) is 11.3 Å². The van der Waals surface area contributed by atoms with Gasteiger partial charge < -0.3 is 10.1 Å². The molecule has 184 valence electrons. The Morgan fingerprint density at radius 1 is 0.972 bits per heavy atom. The smallest absolute Gasteiger partial charge is 0.338 e. The van der Waals surface area contributed by atoms with Crippen LogP contribution in [-0.4, -0.2) is 23.5 Å². The molecule has 1 amide bonds. The van der Waals surface area contributed by atoms with Gasteiger partial charge in [-0.25, -0.2) is 9.78 Å². The Labute approximate surface area is 216 Å². The number of benzene rings is 3. The highest BCUT2D eigenvalue weighted by Gasteiger charge is 2.21. The summed E-state index contributed by atoms with van der Waals surface area (Å²) < 4.78 is 5.27. The molecule has 0 aliphatic carbocycles. The maximum absolute atomic E-state index is 13.7. The third kappa shape index (κ3) is 5.42. The molecule has 0 saturated heterocycles. The van der Waals surface area contributed by atoms with E-state index >= 15 is 0 Å². The number of pyridine rings is 1. The molecular formula is C30H29ClN2O3. The van der Waals surface area contributed by atoms with Gasteiger partial charge in [0.1, 0.15) is 0 Å². The molecule has 0 aliphatic heterocycles. The number of nitrogens with zero attached hydrogens (tertiary/aromatic N) is 1. The molecule has 1 heterocycles. The topological polar surface area (TPSA) is 68.3 Å². The van der Waals surface area contributed by atoms with E-state index in [0.717, 1.165) is 51.7 Å². The number of rotatable bonds is 7. The lowest BCUT2D eigenvalue weighted by molar-refractivity contribution is 0.0499. The quantitative estimate of drug-likeness (QED) is 0.208. The van der Waals surface area contributed by atoms with Gasteiger partial charge in [0.2, 0.25) is 0 Å². The zero-order chi connectivity index (χ0) is 25.8. The third-order valence-corrected chi connectivity index (χ3v) is 6.37. The number of esters is 1. The van der Waals surface area contributed by atoms with E-state index in [1.54, 1.807) is 24.3 Å². The monoisotopic (exact) mass is 500 g/mol. The predicted molar refractivity (Wildman–Crippen MR) is 146 cm³/mol. The number of aryl methyl sites for hydroxylation is 2. The average molecular weight is 501 g/mol. The van der Waals surface area contributed by atoms with Gasteiger partial charge in [0.15, 0.2) is 0 Å². The van der Waals surface area contributed by atoms with Crippen molar-refractivity contribution in [2.45, 2.75) is 40.5 Å². The van der Waals surface area contributed by atoms with E-state index in [9.17, 15) is 9.59 Å². The summed E-state index contributed by atoms with van der Waals surface area (Å²) in [5.74, 6) is -0.603. The molecule has 36 heavy (non-hydrogen) atoms. The van der Waals surface area contributed by atoms with Crippen molar-refractivity contribution in [1.82, 2.24) is 4.98 Å². The number of amides is 1. The molecule has 0 bridgehead atoms. The van der Waals surface area contributed by atoms with Crippen LogP contribution in [0, 0.1) is 20.8 Å². The molecule has 6 heteroatoms. The van der Waals surface area contributed by atoms with Crippen molar-refractivity contribution in [2.75, 3.05) is 11.9 Å². The van der Waals surface area contributed by atoms with E-state index in [-0.39, 0.29) is 11.9 Å². The van der Waals surface area contributed by atoms with E-state index in [1.807, 2.05) is 58.0 Å². The van der Waals surface area contributed by atoms with Crippen LogP contribution in [0.2, 0.25) is 5.02 Å². The molecule has 0 atom stereocenters. The van der Waals surface area contributed by atoms with Gasteiger partial charge in [-0.2, -0.15) is 0 Å². The van der Waals surface area contributed by atoms with Crippen LogP contribution in [0.25, 0.3) is 22.2 Å². The van der Waals surface area contributed by atoms with Gasteiger partial charge in [-0.3, -0.25) is 4.79 Å². The second-order valence-electron chi connectivity index (χ2n) is 8.97. The fourth-order valence-electron chi connectivity index (χ4n) is 4.27. The summed E-state index contributed by atoms with van der Waals surface area (Å²) >= 11 is 6.10. The molecule has 1 N–H and O–H groups in total. The van der Waals surface area contributed by atoms with Crippen LogP contribution < -0.4 is 5.32 Å². The summed E-state index contributed by atoms with van der Waals surface area (Å²) in [4.78, 5) is 30.8. The summed E-state index contributed by atoms with van der Waals surface area (Å²) in [6.07, 6.45) is 1.79. The average Bonchev–Trinajstić information content (AvgIpc) is 2.85. The van der Waals surface area contributed by atoms with Gasteiger partial charge in [-0.15, -0.1) is 0 Å². The fourth-order valence-corrected chi connectivity index (χ4v) is 4.40. The first-order chi connectivity index (χ1) is 17.3.